The summed E-state index contributed by atoms with van der Waals surface area (Å²) >= 11 is 0. The van der Waals surface area contributed by atoms with Crippen molar-refractivity contribution >= 4 is 5.91 Å². The summed E-state index contributed by atoms with van der Waals surface area (Å²) in [5.41, 5.74) is 0.936. The van der Waals surface area contributed by atoms with Crippen molar-refractivity contribution in [3.8, 4) is 0 Å². The summed E-state index contributed by atoms with van der Waals surface area (Å²) in [6.45, 7) is 4.17. The number of carbonyl (C=O) groups excluding carboxylic acids is 1. The molecule has 1 amide bonds. The van der Waals surface area contributed by atoms with Crippen molar-refractivity contribution in [2.45, 2.75) is 32.4 Å². The fraction of sp³-hybridized carbons (Fsp3) is 0.562. The normalized spacial score (nSPS) is 14.3. The SMILES string of the molecule is CC(C)C(O)CC(=O)NCC(c1ccc(F)cc1)N(C)C. The van der Waals surface area contributed by atoms with E-state index >= 15 is 0 Å². The van der Waals surface area contributed by atoms with Crippen molar-refractivity contribution in [1.29, 1.82) is 0 Å². The van der Waals surface area contributed by atoms with Crippen LogP contribution in [0, 0.1) is 11.7 Å². The van der Waals surface area contributed by atoms with Gasteiger partial charge in [-0.15, -0.1) is 0 Å². The molecule has 0 aliphatic carbocycles. The molecule has 2 atom stereocenters. The summed E-state index contributed by atoms with van der Waals surface area (Å²) in [5.74, 6) is -0.400. The lowest BCUT2D eigenvalue weighted by Crippen LogP contribution is -2.36. The van der Waals surface area contributed by atoms with Gasteiger partial charge in [-0.2, -0.15) is 0 Å². The van der Waals surface area contributed by atoms with Crippen molar-refractivity contribution < 1.29 is 14.3 Å². The molecular formula is C16H25FN2O2. The van der Waals surface area contributed by atoms with Crippen LogP contribution in [0.1, 0.15) is 31.9 Å². The number of benzene rings is 1. The first-order chi connectivity index (χ1) is 9.81. The van der Waals surface area contributed by atoms with Gasteiger partial charge in [0.15, 0.2) is 0 Å². The molecule has 2 N–H and O–H groups in total. The minimum Gasteiger partial charge on any atom is -0.392 e. The Morgan fingerprint density at radius 1 is 1.29 bits per heavy atom. The quantitative estimate of drug-likeness (QED) is 0.808. The van der Waals surface area contributed by atoms with Crippen LogP contribution in [-0.4, -0.2) is 42.7 Å². The third-order valence-corrected chi connectivity index (χ3v) is 3.53. The second-order valence-corrected chi connectivity index (χ2v) is 5.85. The molecule has 21 heavy (non-hydrogen) atoms. The molecule has 118 valence electrons. The van der Waals surface area contributed by atoms with E-state index in [0.717, 1.165) is 5.56 Å². The maximum atomic E-state index is 13.0. The molecule has 0 spiro atoms. The highest BCUT2D eigenvalue weighted by Crippen LogP contribution is 2.18. The van der Waals surface area contributed by atoms with Crippen molar-refractivity contribution in [3.63, 3.8) is 0 Å². The topological polar surface area (TPSA) is 52.6 Å². The zero-order chi connectivity index (χ0) is 16.0. The van der Waals surface area contributed by atoms with Crippen LogP contribution < -0.4 is 5.32 Å². The summed E-state index contributed by atoms with van der Waals surface area (Å²) < 4.78 is 13.0. The predicted octanol–water partition coefficient (Wildman–Crippen LogP) is 1.95. The lowest BCUT2D eigenvalue weighted by atomic mass is 10.0. The van der Waals surface area contributed by atoms with E-state index in [1.165, 1.54) is 12.1 Å². The summed E-state index contributed by atoms with van der Waals surface area (Å²) in [7, 11) is 3.81. The van der Waals surface area contributed by atoms with E-state index in [-0.39, 0.29) is 30.1 Å². The van der Waals surface area contributed by atoms with Crippen LogP contribution >= 0.6 is 0 Å². The lowest BCUT2D eigenvalue weighted by Gasteiger charge is -2.25. The Labute approximate surface area is 126 Å². The van der Waals surface area contributed by atoms with Crippen LogP contribution in [-0.2, 0) is 4.79 Å². The summed E-state index contributed by atoms with van der Waals surface area (Å²) in [6, 6.07) is 6.22. The first-order valence-corrected chi connectivity index (χ1v) is 7.18. The smallest absolute Gasteiger partial charge is 0.222 e. The number of amides is 1. The zero-order valence-electron chi connectivity index (χ0n) is 13.1. The molecule has 0 bridgehead atoms. The van der Waals surface area contributed by atoms with Crippen LogP contribution in [0.25, 0.3) is 0 Å². The molecule has 0 saturated carbocycles. The predicted molar refractivity (Wildman–Crippen MR) is 81.3 cm³/mol. The van der Waals surface area contributed by atoms with Gasteiger partial charge in [0.05, 0.1) is 18.6 Å². The number of hydrogen-bond acceptors (Lipinski definition) is 3. The number of likely N-dealkylation sites (N-methyl/N-ethyl adjacent to an activating group) is 1. The van der Waals surface area contributed by atoms with E-state index in [4.69, 9.17) is 0 Å². The Kier molecular flexibility index (Phi) is 6.78. The largest absolute Gasteiger partial charge is 0.392 e. The molecule has 5 heteroatoms. The van der Waals surface area contributed by atoms with Crippen LogP contribution in [0.2, 0.25) is 0 Å². The van der Waals surface area contributed by atoms with Crippen LogP contribution in [0.15, 0.2) is 24.3 Å². The molecule has 0 saturated heterocycles. The highest BCUT2D eigenvalue weighted by atomic mass is 19.1. The molecule has 0 aromatic heterocycles. The Morgan fingerprint density at radius 3 is 2.33 bits per heavy atom. The highest BCUT2D eigenvalue weighted by molar-refractivity contribution is 5.76. The van der Waals surface area contributed by atoms with E-state index in [1.807, 2.05) is 32.8 Å². The number of hydrogen-bond donors (Lipinski definition) is 2. The average Bonchev–Trinajstić information content (AvgIpc) is 2.40. The van der Waals surface area contributed by atoms with Gasteiger partial charge >= 0.3 is 0 Å². The molecule has 1 aromatic carbocycles. The Bertz CT molecular complexity index is 446. The standard InChI is InChI=1S/C16H25FN2O2/c1-11(2)15(20)9-16(21)18-10-14(19(3)4)12-5-7-13(17)8-6-12/h5-8,11,14-15,20H,9-10H2,1-4H3,(H,18,21). The molecule has 1 aromatic rings. The lowest BCUT2D eigenvalue weighted by molar-refractivity contribution is -0.123. The average molecular weight is 296 g/mol. The number of aliphatic hydroxyl groups excluding tert-OH is 1. The molecule has 0 fully saturated rings. The summed E-state index contributed by atoms with van der Waals surface area (Å²) in [4.78, 5) is 13.8. The molecule has 0 aliphatic heterocycles. The van der Waals surface area contributed by atoms with E-state index in [0.29, 0.717) is 6.54 Å². The Morgan fingerprint density at radius 2 is 1.86 bits per heavy atom. The van der Waals surface area contributed by atoms with Gasteiger partial charge in [0.1, 0.15) is 5.82 Å². The molecule has 0 aliphatic rings. The van der Waals surface area contributed by atoms with Gasteiger partial charge in [0, 0.05) is 6.54 Å². The van der Waals surface area contributed by atoms with E-state index in [2.05, 4.69) is 5.32 Å². The van der Waals surface area contributed by atoms with Gasteiger partial charge in [-0.3, -0.25) is 4.79 Å². The monoisotopic (exact) mass is 296 g/mol. The van der Waals surface area contributed by atoms with Crippen molar-refractivity contribution in [2.75, 3.05) is 20.6 Å². The van der Waals surface area contributed by atoms with Crippen molar-refractivity contribution in [3.05, 3.63) is 35.6 Å². The maximum absolute atomic E-state index is 13.0. The van der Waals surface area contributed by atoms with E-state index in [1.54, 1.807) is 12.1 Å². The summed E-state index contributed by atoms with van der Waals surface area (Å²) in [6.07, 6.45) is -0.532. The Balaban J connectivity index is 2.60. The van der Waals surface area contributed by atoms with Gasteiger partial charge in [-0.25, -0.2) is 4.39 Å². The second kappa shape index (κ2) is 8.10. The number of nitrogens with one attached hydrogen (secondary N) is 1. The molecule has 0 radical (unpaired) electrons. The molecule has 0 heterocycles. The molecule has 1 rings (SSSR count). The van der Waals surface area contributed by atoms with Crippen LogP contribution in [0.3, 0.4) is 0 Å². The number of halogens is 1. The van der Waals surface area contributed by atoms with Crippen molar-refractivity contribution in [1.82, 2.24) is 10.2 Å². The van der Waals surface area contributed by atoms with Gasteiger partial charge in [-0.05, 0) is 37.7 Å². The highest BCUT2D eigenvalue weighted by Gasteiger charge is 2.18. The number of aliphatic hydroxyl groups is 1. The number of nitrogens with zero attached hydrogens (tertiary/aromatic N) is 1. The molecule has 4 nitrogen and oxygen atoms in total. The molecular weight excluding hydrogens is 271 g/mol. The third kappa shape index (κ3) is 5.81. The van der Waals surface area contributed by atoms with Gasteiger partial charge in [0.25, 0.3) is 0 Å². The summed E-state index contributed by atoms with van der Waals surface area (Å²) in [5, 5.41) is 12.5. The van der Waals surface area contributed by atoms with Crippen LogP contribution in [0.4, 0.5) is 4.39 Å². The van der Waals surface area contributed by atoms with E-state index < -0.39 is 6.10 Å². The third-order valence-electron chi connectivity index (χ3n) is 3.53. The van der Waals surface area contributed by atoms with E-state index in [9.17, 15) is 14.3 Å². The van der Waals surface area contributed by atoms with Gasteiger partial charge in [0.2, 0.25) is 5.91 Å². The molecule has 2 unspecified atom stereocenters. The minimum atomic E-state index is -0.631. The minimum absolute atomic E-state index is 0.0363. The fourth-order valence-electron chi connectivity index (χ4n) is 1.99. The first-order valence-electron chi connectivity index (χ1n) is 7.18. The van der Waals surface area contributed by atoms with Crippen LogP contribution in [0.5, 0.6) is 0 Å². The number of carbonyl (C=O) groups is 1. The van der Waals surface area contributed by atoms with Crippen molar-refractivity contribution in [2.24, 2.45) is 5.92 Å². The second-order valence-electron chi connectivity index (χ2n) is 5.85. The maximum Gasteiger partial charge on any atom is 0.222 e. The van der Waals surface area contributed by atoms with Gasteiger partial charge in [-0.1, -0.05) is 26.0 Å². The zero-order valence-corrected chi connectivity index (χ0v) is 13.1. The Hall–Kier alpha value is -1.46. The fourth-order valence-corrected chi connectivity index (χ4v) is 1.99. The number of rotatable bonds is 7. The van der Waals surface area contributed by atoms with Gasteiger partial charge < -0.3 is 15.3 Å². The first kappa shape index (κ1) is 17.6.